The Labute approximate surface area is 293 Å². The molecule has 276 valence electrons. The molecular weight excluding hydrogens is 646 g/mol. The van der Waals surface area contributed by atoms with Gasteiger partial charge >= 0.3 is 0 Å². The van der Waals surface area contributed by atoms with Crippen LogP contribution in [0.25, 0.3) is 0 Å². The number of carbonyl (C=O) groups excluding carboxylic acids is 5. The zero-order valence-electron chi connectivity index (χ0n) is 29.4. The Hall–Kier alpha value is -4.57. The van der Waals surface area contributed by atoms with Gasteiger partial charge in [0.1, 0.15) is 23.9 Å². The van der Waals surface area contributed by atoms with Crippen molar-refractivity contribution in [1.82, 2.24) is 31.9 Å². The molecule has 6 atom stereocenters. The third-order valence-electron chi connectivity index (χ3n) is 7.88. The molecule has 0 bridgehead atoms. The van der Waals surface area contributed by atoms with E-state index in [4.69, 9.17) is 10.5 Å². The number of rotatable bonds is 22. The van der Waals surface area contributed by atoms with E-state index < -0.39 is 78.4 Å². The van der Waals surface area contributed by atoms with Crippen LogP contribution in [-0.4, -0.2) is 96.3 Å². The first kappa shape index (κ1) is 41.6. The third-order valence-corrected chi connectivity index (χ3v) is 7.88. The smallest absolute Gasteiger partial charge is 0.245 e. The Kier molecular flexibility index (Phi) is 17.9. The first-order valence-electron chi connectivity index (χ1n) is 16.7. The molecule has 0 heterocycles. The maximum atomic E-state index is 13.2. The van der Waals surface area contributed by atoms with Crippen molar-refractivity contribution in [1.29, 1.82) is 0 Å². The van der Waals surface area contributed by atoms with Gasteiger partial charge in [-0.05, 0) is 62.4 Å². The van der Waals surface area contributed by atoms with E-state index in [9.17, 15) is 34.2 Å². The van der Waals surface area contributed by atoms with Gasteiger partial charge in [-0.2, -0.15) is 0 Å². The second kappa shape index (κ2) is 21.5. The molecule has 2 aromatic carbocycles. The van der Waals surface area contributed by atoms with Crippen LogP contribution in [0.3, 0.4) is 0 Å². The molecular formula is C35H53N7O8. The van der Waals surface area contributed by atoms with Gasteiger partial charge in [-0.15, -0.1) is 0 Å². The zero-order chi connectivity index (χ0) is 37.2. The number of aliphatic hydroxyl groups is 2. The fraction of sp³-hybridized carbons (Fsp3) is 0.514. The summed E-state index contributed by atoms with van der Waals surface area (Å²) in [4.78, 5) is 63.8. The van der Waals surface area contributed by atoms with Crippen molar-refractivity contribution in [3.05, 3.63) is 65.7 Å². The summed E-state index contributed by atoms with van der Waals surface area (Å²) in [6.45, 7) is 7.08. The number of hydrogen-bond acceptors (Lipinski definition) is 10. The molecule has 0 aromatic heterocycles. The maximum Gasteiger partial charge on any atom is 0.245 e. The molecule has 15 nitrogen and oxygen atoms in total. The van der Waals surface area contributed by atoms with E-state index in [1.807, 2.05) is 54.6 Å². The SMILES string of the molecule is COc1ccc(CNCCC[C@H](NCc2ccccc2)C(=O)NCC(=O)N[C@H](C(=O)N[C@H](C(=O)N[C@H](C(N)=O)[C@@H](C)O)C(C)C)[C@@H](C)O)cc1. The minimum atomic E-state index is -1.47. The van der Waals surface area contributed by atoms with Crippen molar-refractivity contribution in [3.8, 4) is 5.75 Å². The van der Waals surface area contributed by atoms with Crippen LogP contribution in [0.1, 0.15) is 51.7 Å². The minimum Gasteiger partial charge on any atom is -0.497 e. The molecule has 15 heteroatoms. The Bertz CT molecular complexity index is 1370. The first-order valence-corrected chi connectivity index (χ1v) is 16.7. The number of nitrogens with two attached hydrogens (primary N) is 1. The number of primary amides is 1. The van der Waals surface area contributed by atoms with Gasteiger partial charge in [0.15, 0.2) is 0 Å². The molecule has 0 radical (unpaired) electrons. The number of ether oxygens (including phenoxy) is 1. The molecule has 0 unspecified atom stereocenters. The number of amides is 5. The summed E-state index contributed by atoms with van der Waals surface area (Å²) < 4.78 is 5.19. The standard InChI is InChI=1S/C35H53N7O8/c1-21(2)29(34(48)42-30(22(3)43)32(36)46)41-35(49)31(23(4)44)40-28(45)20-39-33(47)27(38-19-24-10-7-6-8-11-24)12-9-17-37-18-25-13-15-26(50-5)16-14-25/h6-8,10-11,13-16,21-23,27,29-31,37-38,43-44H,9,12,17-20H2,1-5H3,(H2,36,46)(H,39,47)(H,40,45)(H,41,49)(H,42,48)/t22-,23-,27+,29+,30+,31+/m1/s1. The number of methoxy groups -OCH3 is 1. The molecule has 0 aliphatic carbocycles. The molecule has 0 spiro atoms. The van der Waals surface area contributed by atoms with Crippen LogP contribution in [0, 0.1) is 5.92 Å². The van der Waals surface area contributed by atoms with Gasteiger partial charge in [-0.1, -0.05) is 56.3 Å². The van der Waals surface area contributed by atoms with Crippen LogP contribution >= 0.6 is 0 Å². The number of nitrogens with one attached hydrogen (secondary N) is 6. The van der Waals surface area contributed by atoms with Crippen LogP contribution in [0.15, 0.2) is 54.6 Å². The lowest BCUT2D eigenvalue weighted by Crippen LogP contribution is -2.61. The van der Waals surface area contributed by atoms with Gasteiger partial charge in [-0.3, -0.25) is 24.0 Å². The number of aliphatic hydroxyl groups excluding tert-OH is 2. The van der Waals surface area contributed by atoms with Crippen LogP contribution in [-0.2, 0) is 37.1 Å². The molecule has 0 saturated heterocycles. The normalized spacial score (nSPS) is 14.7. The first-order chi connectivity index (χ1) is 23.7. The largest absolute Gasteiger partial charge is 0.497 e. The Morgan fingerprint density at radius 2 is 1.32 bits per heavy atom. The molecule has 0 saturated carbocycles. The van der Waals surface area contributed by atoms with Crippen molar-refractivity contribution < 1.29 is 38.9 Å². The number of carbonyl (C=O) groups is 5. The van der Waals surface area contributed by atoms with E-state index >= 15 is 0 Å². The fourth-order valence-corrected chi connectivity index (χ4v) is 4.94. The maximum absolute atomic E-state index is 13.2. The average molecular weight is 700 g/mol. The van der Waals surface area contributed by atoms with Gasteiger partial charge in [-0.25, -0.2) is 0 Å². The lowest BCUT2D eigenvalue weighted by Gasteiger charge is -2.28. The van der Waals surface area contributed by atoms with Crippen molar-refractivity contribution >= 4 is 29.5 Å². The highest BCUT2D eigenvalue weighted by molar-refractivity contribution is 5.95. The van der Waals surface area contributed by atoms with Crippen molar-refractivity contribution in [3.63, 3.8) is 0 Å². The average Bonchev–Trinajstić information content (AvgIpc) is 3.08. The summed E-state index contributed by atoms with van der Waals surface area (Å²) in [6, 6.07) is 12.6. The second-order valence-corrected chi connectivity index (χ2v) is 12.4. The topological polar surface area (TPSA) is 233 Å². The second-order valence-electron chi connectivity index (χ2n) is 12.4. The summed E-state index contributed by atoms with van der Waals surface area (Å²) in [5, 5.41) is 36.5. The highest BCUT2D eigenvalue weighted by Gasteiger charge is 2.33. The molecule has 5 amide bonds. The van der Waals surface area contributed by atoms with Gasteiger partial charge in [0.2, 0.25) is 29.5 Å². The Morgan fingerprint density at radius 1 is 0.740 bits per heavy atom. The Morgan fingerprint density at radius 3 is 1.88 bits per heavy atom. The van der Waals surface area contributed by atoms with Crippen LogP contribution < -0.4 is 42.4 Å². The quantitative estimate of drug-likeness (QED) is 0.0694. The van der Waals surface area contributed by atoms with Crippen molar-refractivity contribution in [2.75, 3.05) is 20.2 Å². The number of hydrogen-bond donors (Lipinski definition) is 9. The van der Waals surface area contributed by atoms with E-state index in [1.54, 1.807) is 21.0 Å². The van der Waals surface area contributed by atoms with Crippen LogP contribution in [0.2, 0.25) is 0 Å². The highest BCUT2D eigenvalue weighted by atomic mass is 16.5. The van der Waals surface area contributed by atoms with Crippen LogP contribution in [0.4, 0.5) is 0 Å². The predicted molar refractivity (Wildman–Crippen MR) is 187 cm³/mol. The van der Waals surface area contributed by atoms with Gasteiger partial charge in [0.05, 0.1) is 31.9 Å². The lowest BCUT2D eigenvalue weighted by molar-refractivity contribution is -0.136. The summed E-state index contributed by atoms with van der Waals surface area (Å²) in [6.07, 6.45) is -1.52. The highest BCUT2D eigenvalue weighted by Crippen LogP contribution is 2.11. The monoisotopic (exact) mass is 699 g/mol. The molecule has 0 aliphatic heterocycles. The van der Waals surface area contributed by atoms with E-state index in [0.29, 0.717) is 32.5 Å². The van der Waals surface area contributed by atoms with Gasteiger partial charge < -0.3 is 52.6 Å². The number of benzene rings is 2. The summed E-state index contributed by atoms with van der Waals surface area (Å²) in [5.74, 6) is -3.47. The molecule has 2 aromatic rings. The van der Waals surface area contributed by atoms with Crippen molar-refractivity contribution in [2.45, 2.75) is 90.0 Å². The summed E-state index contributed by atoms with van der Waals surface area (Å²) >= 11 is 0. The summed E-state index contributed by atoms with van der Waals surface area (Å²) in [7, 11) is 1.61. The van der Waals surface area contributed by atoms with E-state index in [-0.39, 0.29) is 0 Å². The van der Waals surface area contributed by atoms with Crippen LogP contribution in [0.5, 0.6) is 5.75 Å². The van der Waals surface area contributed by atoms with Crippen molar-refractivity contribution in [2.24, 2.45) is 11.7 Å². The molecule has 10 N–H and O–H groups in total. The summed E-state index contributed by atoms with van der Waals surface area (Å²) in [5.41, 5.74) is 7.33. The lowest BCUT2D eigenvalue weighted by atomic mass is 10.0. The zero-order valence-corrected chi connectivity index (χ0v) is 29.4. The molecule has 0 aliphatic rings. The predicted octanol–water partition coefficient (Wildman–Crippen LogP) is -0.803. The van der Waals surface area contributed by atoms with E-state index in [2.05, 4.69) is 31.9 Å². The Balaban J connectivity index is 1.97. The van der Waals surface area contributed by atoms with Gasteiger partial charge in [0, 0.05) is 13.1 Å². The molecule has 0 fully saturated rings. The molecule has 50 heavy (non-hydrogen) atoms. The van der Waals surface area contributed by atoms with Gasteiger partial charge in [0.25, 0.3) is 0 Å². The third kappa shape index (κ3) is 14.5. The van der Waals surface area contributed by atoms with E-state index in [0.717, 1.165) is 16.9 Å². The van der Waals surface area contributed by atoms with E-state index in [1.165, 1.54) is 13.8 Å². The molecule has 2 rings (SSSR count). The fourth-order valence-electron chi connectivity index (χ4n) is 4.94. The minimum absolute atomic E-state index is 0.414.